The SMILES string of the molecule is Cc1ccccc1C(=O)NC[C@@H]1CCCC[C@H]1O. The molecule has 0 radical (unpaired) electrons. The number of aliphatic hydroxyl groups is 1. The Morgan fingerprint density at radius 1 is 1.33 bits per heavy atom. The Bertz CT molecular complexity index is 417. The number of carbonyl (C=O) groups is 1. The third-order valence-corrected chi connectivity index (χ3v) is 3.78. The molecule has 1 fully saturated rings. The number of benzene rings is 1. The van der Waals surface area contributed by atoms with E-state index < -0.39 is 0 Å². The highest BCUT2D eigenvalue weighted by Gasteiger charge is 2.23. The number of carbonyl (C=O) groups excluding carboxylic acids is 1. The van der Waals surface area contributed by atoms with Crippen LogP contribution in [0.3, 0.4) is 0 Å². The number of hydrogen-bond donors (Lipinski definition) is 2. The number of nitrogens with one attached hydrogen (secondary N) is 1. The zero-order chi connectivity index (χ0) is 13.0. The Hall–Kier alpha value is -1.35. The van der Waals surface area contributed by atoms with Crippen LogP contribution in [0.4, 0.5) is 0 Å². The van der Waals surface area contributed by atoms with Gasteiger partial charge in [0, 0.05) is 18.0 Å². The molecule has 1 aliphatic carbocycles. The quantitative estimate of drug-likeness (QED) is 0.861. The fourth-order valence-corrected chi connectivity index (χ4v) is 2.57. The van der Waals surface area contributed by atoms with E-state index in [-0.39, 0.29) is 17.9 Å². The van der Waals surface area contributed by atoms with Crippen molar-refractivity contribution in [1.82, 2.24) is 5.32 Å². The molecule has 2 rings (SSSR count). The zero-order valence-corrected chi connectivity index (χ0v) is 10.9. The fraction of sp³-hybridized carbons (Fsp3) is 0.533. The Labute approximate surface area is 108 Å². The third-order valence-electron chi connectivity index (χ3n) is 3.78. The van der Waals surface area contributed by atoms with Crippen LogP contribution in [-0.4, -0.2) is 23.7 Å². The summed E-state index contributed by atoms with van der Waals surface area (Å²) < 4.78 is 0. The lowest BCUT2D eigenvalue weighted by molar-refractivity contribution is 0.0663. The summed E-state index contributed by atoms with van der Waals surface area (Å²) in [6.07, 6.45) is 3.88. The molecule has 18 heavy (non-hydrogen) atoms. The van der Waals surface area contributed by atoms with Crippen LogP contribution < -0.4 is 5.32 Å². The summed E-state index contributed by atoms with van der Waals surface area (Å²) in [5, 5.41) is 12.8. The molecule has 0 bridgehead atoms. The van der Waals surface area contributed by atoms with Crippen LogP contribution in [0.2, 0.25) is 0 Å². The minimum absolute atomic E-state index is 0.0362. The van der Waals surface area contributed by atoms with Crippen molar-refractivity contribution in [2.24, 2.45) is 5.92 Å². The van der Waals surface area contributed by atoms with Crippen molar-refractivity contribution in [3.05, 3.63) is 35.4 Å². The molecular weight excluding hydrogens is 226 g/mol. The van der Waals surface area contributed by atoms with Crippen LogP contribution >= 0.6 is 0 Å². The normalized spacial score (nSPS) is 23.7. The van der Waals surface area contributed by atoms with Gasteiger partial charge in [0.25, 0.3) is 5.91 Å². The molecule has 1 aliphatic rings. The van der Waals surface area contributed by atoms with Crippen LogP contribution in [0.25, 0.3) is 0 Å². The number of rotatable bonds is 3. The van der Waals surface area contributed by atoms with Crippen molar-refractivity contribution in [2.75, 3.05) is 6.54 Å². The molecule has 0 unspecified atom stereocenters. The summed E-state index contributed by atoms with van der Waals surface area (Å²) in [4.78, 5) is 12.0. The molecule has 0 spiro atoms. The molecule has 1 amide bonds. The van der Waals surface area contributed by atoms with E-state index in [4.69, 9.17) is 0 Å². The van der Waals surface area contributed by atoms with E-state index in [9.17, 15) is 9.90 Å². The molecule has 1 aromatic carbocycles. The molecule has 98 valence electrons. The molecule has 2 atom stereocenters. The van der Waals surface area contributed by atoms with Crippen LogP contribution in [0, 0.1) is 12.8 Å². The first kappa shape index (κ1) is 13.1. The molecule has 1 saturated carbocycles. The third kappa shape index (κ3) is 3.10. The molecule has 3 nitrogen and oxygen atoms in total. The van der Waals surface area contributed by atoms with Crippen molar-refractivity contribution in [2.45, 2.75) is 38.7 Å². The molecular formula is C15H21NO2. The summed E-state index contributed by atoms with van der Waals surface area (Å²) in [6, 6.07) is 7.57. The predicted molar refractivity (Wildman–Crippen MR) is 71.5 cm³/mol. The average molecular weight is 247 g/mol. The van der Waals surface area contributed by atoms with E-state index in [1.54, 1.807) is 0 Å². The lowest BCUT2D eigenvalue weighted by Crippen LogP contribution is -2.36. The second-order valence-corrected chi connectivity index (χ2v) is 5.14. The maximum Gasteiger partial charge on any atom is 0.251 e. The van der Waals surface area contributed by atoms with E-state index in [1.165, 1.54) is 0 Å². The lowest BCUT2D eigenvalue weighted by atomic mass is 9.86. The van der Waals surface area contributed by atoms with Crippen LogP contribution in [0.15, 0.2) is 24.3 Å². The van der Waals surface area contributed by atoms with E-state index in [0.29, 0.717) is 6.54 Å². The van der Waals surface area contributed by atoms with Gasteiger partial charge in [-0.15, -0.1) is 0 Å². The summed E-state index contributed by atoms with van der Waals surface area (Å²) in [6.45, 7) is 2.51. The summed E-state index contributed by atoms with van der Waals surface area (Å²) in [5.74, 6) is 0.178. The van der Waals surface area contributed by atoms with Gasteiger partial charge in [-0.2, -0.15) is 0 Å². The predicted octanol–water partition coefficient (Wildman–Crippen LogP) is 2.28. The van der Waals surface area contributed by atoms with Gasteiger partial charge in [-0.3, -0.25) is 4.79 Å². The first-order valence-electron chi connectivity index (χ1n) is 6.70. The smallest absolute Gasteiger partial charge is 0.251 e. The second-order valence-electron chi connectivity index (χ2n) is 5.14. The number of aliphatic hydroxyl groups excluding tert-OH is 1. The van der Waals surface area contributed by atoms with Crippen LogP contribution in [0.1, 0.15) is 41.6 Å². The Kier molecular flexibility index (Phi) is 4.37. The second kappa shape index (κ2) is 6.01. The number of hydrogen-bond acceptors (Lipinski definition) is 2. The van der Waals surface area contributed by atoms with Gasteiger partial charge in [0.2, 0.25) is 0 Å². The highest BCUT2D eigenvalue weighted by atomic mass is 16.3. The monoisotopic (exact) mass is 247 g/mol. The van der Waals surface area contributed by atoms with Gasteiger partial charge in [0.1, 0.15) is 0 Å². The molecule has 2 N–H and O–H groups in total. The van der Waals surface area contributed by atoms with Crippen molar-refractivity contribution in [1.29, 1.82) is 0 Å². The van der Waals surface area contributed by atoms with Gasteiger partial charge in [0.15, 0.2) is 0 Å². The summed E-state index contributed by atoms with van der Waals surface area (Å²) >= 11 is 0. The topological polar surface area (TPSA) is 49.3 Å². The molecule has 0 aromatic heterocycles. The van der Waals surface area contributed by atoms with E-state index in [0.717, 1.165) is 36.8 Å². The lowest BCUT2D eigenvalue weighted by Gasteiger charge is -2.27. The van der Waals surface area contributed by atoms with Crippen molar-refractivity contribution in [3.63, 3.8) is 0 Å². The Balaban J connectivity index is 1.90. The van der Waals surface area contributed by atoms with Crippen molar-refractivity contribution < 1.29 is 9.90 Å². The highest BCUT2D eigenvalue weighted by Crippen LogP contribution is 2.23. The first-order valence-corrected chi connectivity index (χ1v) is 6.70. The number of amides is 1. The molecule has 0 saturated heterocycles. The Morgan fingerprint density at radius 3 is 2.78 bits per heavy atom. The molecule has 0 aliphatic heterocycles. The Morgan fingerprint density at radius 2 is 2.06 bits per heavy atom. The zero-order valence-electron chi connectivity index (χ0n) is 10.9. The van der Waals surface area contributed by atoms with Crippen LogP contribution in [-0.2, 0) is 0 Å². The van der Waals surface area contributed by atoms with Gasteiger partial charge in [-0.25, -0.2) is 0 Å². The minimum atomic E-state index is -0.254. The van der Waals surface area contributed by atoms with Gasteiger partial charge in [0.05, 0.1) is 6.10 Å². The first-order chi connectivity index (χ1) is 8.68. The molecule has 1 aromatic rings. The largest absolute Gasteiger partial charge is 0.393 e. The van der Waals surface area contributed by atoms with E-state index in [2.05, 4.69) is 5.32 Å². The van der Waals surface area contributed by atoms with Crippen molar-refractivity contribution >= 4 is 5.91 Å². The van der Waals surface area contributed by atoms with E-state index >= 15 is 0 Å². The molecule has 3 heteroatoms. The van der Waals surface area contributed by atoms with Gasteiger partial charge < -0.3 is 10.4 Å². The molecule has 0 heterocycles. The minimum Gasteiger partial charge on any atom is -0.393 e. The number of aryl methyl sites for hydroxylation is 1. The van der Waals surface area contributed by atoms with E-state index in [1.807, 2.05) is 31.2 Å². The van der Waals surface area contributed by atoms with Crippen LogP contribution in [0.5, 0.6) is 0 Å². The standard InChI is InChI=1S/C15H21NO2/c1-11-6-2-4-8-13(11)15(18)16-10-12-7-3-5-9-14(12)17/h2,4,6,8,12,14,17H,3,5,7,9-10H2,1H3,(H,16,18)/t12-,14+/m0/s1. The highest BCUT2D eigenvalue weighted by molar-refractivity contribution is 5.95. The van der Waals surface area contributed by atoms with Crippen molar-refractivity contribution in [3.8, 4) is 0 Å². The summed E-state index contributed by atoms with van der Waals surface area (Å²) in [5.41, 5.74) is 1.71. The van der Waals surface area contributed by atoms with Gasteiger partial charge >= 0.3 is 0 Å². The average Bonchev–Trinajstić information content (AvgIpc) is 2.38. The maximum atomic E-state index is 12.0. The fourth-order valence-electron chi connectivity index (χ4n) is 2.57. The van der Waals surface area contributed by atoms with Gasteiger partial charge in [-0.05, 0) is 31.4 Å². The maximum absolute atomic E-state index is 12.0. The van der Waals surface area contributed by atoms with Gasteiger partial charge in [-0.1, -0.05) is 31.0 Å². The summed E-state index contributed by atoms with van der Waals surface area (Å²) in [7, 11) is 0.